The number of carbonyl (C=O) groups is 1. The van der Waals surface area contributed by atoms with Crippen molar-refractivity contribution in [3.8, 4) is 11.3 Å². The zero-order valence-electron chi connectivity index (χ0n) is 16.9. The molecule has 155 valence electrons. The van der Waals surface area contributed by atoms with Crippen LogP contribution in [0, 0.1) is 6.33 Å². The van der Waals surface area contributed by atoms with Crippen molar-refractivity contribution in [2.45, 2.75) is 12.6 Å². The number of aromatic nitrogens is 3. The van der Waals surface area contributed by atoms with Crippen LogP contribution in [0.15, 0.2) is 66.7 Å². The van der Waals surface area contributed by atoms with Gasteiger partial charge in [-0.1, -0.05) is 54.6 Å². The lowest BCUT2D eigenvalue weighted by molar-refractivity contribution is -0.0329. The highest BCUT2D eigenvalue weighted by atomic mass is 16.5. The van der Waals surface area contributed by atoms with E-state index in [4.69, 9.17) is 10.5 Å². The van der Waals surface area contributed by atoms with Crippen LogP contribution < -0.4 is 5.73 Å². The maximum Gasteiger partial charge on any atom is 0.252 e. The molecule has 3 heterocycles. The van der Waals surface area contributed by atoms with E-state index in [-0.39, 0.29) is 6.10 Å². The Hall–Kier alpha value is -3.55. The maximum atomic E-state index is 11.6. The van der Waals surface area contributed by atoms with Gasteiger partial charge in [-0.05, 0) is 23.3 Å². The minimum Gasteiger partial charge on any atom is -0.371 e. The summed E-state index contributed by atoms with van der Waals surface area (Å²) in [4.78, 5) is 18.1. The minimum absolute atomic E-state index is 0.106. The van der Waals surface area contributed by atoms with Gasteiger partial charge in [0.25, 0.3) is 5.91 Å². The van der Waals surface area contributed by atoms with Crippen LogP contribution in [0.2, 0.25) is 0 Å². The number of nitrogens with zero attached hydrogens (tertiary/aromatic N) is 4. The standard InChI is InChI=1S/C24H22N5O2/c25-23(30)20-10-11-21(29-24(20)26-16-27-29)18-8-6-17(7-9-18)14-28-12-13-31-22(15-28)19-4-2-1-3-5-19/h1-11,22H,12-15H2,(H2,25,30). The Kier molecular flexibility index (Phi) is 5.19. The third kappa shape index (κ3) is 3.93. The third-order valence-corrected chi connectivity index (χ3v) is 5.62. The summed E-state index contributed by atoms with van der Waals surface area (Å²) in [5, 5.41) is 4.14. The highest BCUT2D eigenvalue weighted by molar-refractivity contribution is 5.99. The minimum atomic E-state index is -0.535. The molecule has 7 nitrogen and oxygen atoms in total. The van der Waals surface area contributed by atoms with Crippen molar-refractivity contribution in [3.63, 3.8) is 0 Å². The molecule has 5 rings (SSSR count). The van der Waals surface area contributed by atoms with Crippen molar-refractivity contribution in [1.29, 1.82) is 0 Å². The number of hydrogen-bond acceptors (Lipinski definition) is 5. The van der Waals surface area contributed by atoms with Crippen molar-refractivity contribution in [1.82, 2.24) is 19.5 Å². The van der Waals surface area contributed by atoms with Gasteiger partial charge in [0, 0.05) is 25.2 Å². The van der Waals surface area contributed by atoms with Crippen LogP contribution in [0.25, 0.3) is 16.9 Å². The normalized spacial score (nSPS) is 17.1. The Morgan fingerprint density at radius 3 is 2.68 bits per heavy atom. The topological polar surface area (TPSA) is 85.8 Å². The van der Waals surface area contributed by atoms with Gasteiger partial charge >= 0.3 is 0 Å². The molecule has 1 aliphatic rings. The highest BCUT2D eigenvalue weighted by Gasteiger charge is 2.22. The van der Waals surface area contributed by atoms with Gasteiger partial charge in [0.2, 0.25) is 6.33 Å². The van der Waals surface area contributed by atoms with E-state index in [1.165, 1.54) is 11.1 Å². The van der Waals surface area contributed by atoms with E-state index in [0.29, 0.717) is 11.2 Å². The summed E-state index contributed by atoms with van der Waals surface area (Å²) in [5.74, 6) is -0.535. The van der Waals surface area contributed by atoms with Crippen molar-refractivity contribution in [2.75, 3.05) is 19.7 Å². The summed E-state index contributed by atoms with van der Waals surface area (Å²) in [6, 6.07) is 22.2. The zero-order valence-corrected chi connectivity index (χ0v) is 16.9. The van der Waals surface area contributed by atoms with Gasteiger partial charge in [0.15, 0.2) is 5.65 Å². The molecule has 1 radical (unpaired) electrons. The second-order valence-corrected chi connectivity index (χ2v) is 7.65. The fourth-order valence-electron chi connectivity index (χ4n) is 4.02. The van der Waals surface area contributed by atoms with Crippen molar-refractivity contribution in [3.05, 3.63) is 89.7 Å². The summed E-state index contributed by atoms with van der Waals surface area (Å²) in [6.45, 7) is 3.37. The monoisotopic (exact) mass is 412 g/mol. The predicted molar refractivity (Wildman–Crippen MR) is 116 cm³/mol. The number of carbonyl (C=O) groups excluding carboxylic acids is 1. The SMILES string of the molecule is NC(=O)c1ccc(-c2ccc(CN3CCOC(c4ccccc4)C3)cc2)n2n[c]nc12. The first-order valence-electron chi connectivity index (χ1n) is 10.2. The molecule has 0 spiro atoms. The number of ether oxygens (including phenoxy) is 1. The van der Waals surface area contributed by atoms with E-state index in [1.54, 1.807) is 10.6 Å². The number of benzene rings is 2. The first-order chi connectivity index (χ1) is 15.2. The first kappa shape index (κ1) is 19.4. The van der Waals surface area contributed by atoms with Crippen LogP contribution in [0.4, 0.5) is 0 Å². The van der Waals surface area contributed by atoms with Gasteiger partial charge < -0.3 is 10.5 Å². The molecule has 2 aromatic heterocycles. The average Bonchev–Trinajstić information content (AvgIpc) is 3.30. The smallest absolute Gasteiger partial charge is 0.252 e. The number of fused-ring (bicyclic) bond motifs is 1. The molecule has 1 atom stereocenters. The van der Waals surface area contributed by atoms with Crippen LogP contribution in [0.1, 0.15) is 27.6 Å². The second-order valence-electron chi connectivity index (χ2n) is 7.65. The first-order valence-corrected chi connectivity index (χ1v) is 10.2. The summed E-state index contributed by atoms with van der Waals surface area (Å²) in [5.41, 5.74) is 10.4. The molecule has 1 fully saturated rings. The molecule has 1 saturated heterocycles. The average molecular weight is 412 g/mol. The molecule has 7 heteroatoms. The Balaban J connectivity index is 1.33. The molecule has 2 aromatic carbocycles. The number of pyridine rings is 1. The molecule has 4 aromatic rings. The Labute approximate surface area is 180 Å². The number of amides is 1. The van der Waals surface area contributed by atoms with Crippen molar-refractivity contribution < 1.29 is 9.53 Å². The molecule has 0 aliphatic carbocycles. The number of rotatable bonds is 5. The van der Waals surface area contributed by atoms with E-state index in [9.17, 15) is 4.79 Å². The fourth-order valence-corrected chi connectivity index (χ4v) is 4.02. The lowest BCUT2D eigenvalue weighted by atomic mass is 10.1. The molecule has 1 amide bonds. The highest BCUT2D eigenvalue weighted by Crippen LogP contribution is 2.25. The van der Waals surface area contributed by atoms with E-state index in [2.05, 4.69) is 69.8 Å². The summed E-state index contributed by atoms with van der Waals surface area (Å²) < 4.78 is 7.57. The number of primary amides is 1. The molecule has 0 saturated carbocycles. The number of hydrogen-bond donors (Lipinski definition) is 1. The van der Waals surface area contributed by atoms with E-state index in [0.717, 1.165) is 37.5 Å². The van der Waals surface area contributed by atoms with Crippen LogP contribution >= 0.6 is 0 Å². The summed E-state index contributed by atoms with van der Waals surface area (Å²) >= 11 is 0. The van der Waals surface area contributed by atoms with Gasteiger partial charge in [0.1, 0.15) is 0 Å². The third-order valence-electron chi connectivity index (χ3n) is 5.62. The molecule has 2 N–H and O–H groups in total. The van der Waals surface area contributed by atoms with Crippen LogP contribution in [-0.2, 0) is 11.3 Å². The predicted octanol–water partition coefficient (Wildman–Crippen LogP) is 2.87. The Morgan fingerprint density at radius 2 is 1.90 bits per heavy atom. The molecule has 0 bridgehead atoms. The van der Waals surface area contributed by atoms with Crippen LogP contribution in [0.5, 0.6) is 0 Å². The van der Waals surface area contributed by atoms with Gasteiger partial charge in [-0.25, -0.2) is 9.50 Å². The Bertz CT molecular complexity index is 1200. The molecule has 1 aliphatic heterocycles. The lowest BCUT2D eigenvalue weighted by Gasteiger charge is -2.33. The van der Waals surface area contributed by atoms with Crippen LogP contribution in [-0.4, -0.2) is 45.1 Å². The number of nitrogens with two attached hydrogens (primary N) is 1. The Morgan fingerprint density at radius 1 is 1.10 bits per heavy atom. The molecular formula is C24H22N5O2. The van der Waals surface area contributed by atoms with Crippen molar-refractivity contribution in [2.24, 2.45) is 5.73 Å². The zero-order chi connectivity index (χ0) is 21.2. The van der Waals surface area contributed by atoms with E-state index >= 15 is 0 Å². The quantitative estimate of drug-likeness (QED) is 0.545. The summed E-state index contributed by atoms with van der Waals surface area (Å²) in [6.07, 6.45) is 2.67. The largest absolute Gasteiger partial charge is 0.371 e. The molecule has 31 heavy (non-hydrogen) atoms. The van der Waals surface area contributed by atoms with Gasteiger partial charge in [-0.15, -0.1) is 5.10 Å². The lowest BCUT2D eigenvalue weighted by Crippen LogP contribution is -2.37. The summed E-state index contributed by atoms with van der Waals surface area (Å²) in [7, 11) is 0. The second kappa shape index (κ2) is 8.29. The van der Waals surface area contributed by atoms with Gasteiger partial charge in [-0.3, -0.25) is 9.69 Å². The van der Waals surface area contributed by atoms with E-state index in [1.807, 2.05) is 12.1 Å². The van der Waals surface area contributed by atoms with E-state index < -0.39 is 5.91 Å². The fraction of sp³-hybridized carbons (Fsp3) is 0.208. The number of morpholine rings is 1. The molecule has 1 unspecified atom stereocenters. The van der Waals surface area contributed by atoms with Gasteiger partial charge in [0.05, 0.1) is 24.0 Å². The van der Waals surface area contributed by atoms with Gasteiger partial charge in [-0.2, -0.15) is 0 Å². The van der Waals surface area contributed by atoms with Crippen LogP contribution in [0.3, 0.4) is 0 Å². The van der Waals surface area contributed by atoms with Crippen molar-refractivity contribution >= 4 is 11.6 Å². The molecular weight excluding hydrogens is 390 g/mol. The maximum absolute atomic E-state index is 11.6.